The Balaban J connectivity index is 0.00000127. The lowest BCUT2D eigenvalue weighted by Crippen LogP contribution is -2.36. The lowest BCUT2D eigenvalue weighted by Gasteiger charge is -2.14. The van der Waals surface area contributed by atoms with Crippen molar-refractivity contribution in [2.24, 2.45) is 0 Å². The molecule has 0 radical (unpaired) electrons. The molecule has 5 nitrogen and oxygen atoms in total. The minimum atomic E-state index is -0.536. The fraction of sp³-hybridized carbons (Fsp3) is 0.444. The normalized spacial score (nSPS) is 20.8. The van der Waals surface area contributed by atoms with E-state index in [4.69, 9.17) is 9.47 Å². The molecule has 1 aliphatic heterocycles. The van der Waals surface area contributed by atoms with E-state index in [1.54, 1.807) is 12.1 Å². The molecule has 1 aromatic carbocycles. The highest BCUT2D eigenvalue weighted by atomic mass is 16.5. The lowest BCUT2D eigenvalue weighted by atomic mass is 10.1. The maximum atomic E-state index is 12.3. The van der Waals surface area contributed by atoms with E-state index in [9.17, 15) is 9.59 Å². The van der Waals surface area contributed by atoms with Gasteiger partial charge in [-0.15, -0.1) is 0 Å². The van der Waals surface area contributed by atoms with Gasteiger partial charge < -0.3 is 19.6 Å². The molecule has 1 amide bonds. The van der Waals surface area contributed by atoms with E-state index >= 15 is 0 Å². The van der Waals surface area contributed by atoms with E-state index in [1.165, 1.54) is 0 Å². The van der Waals surface area contributed by atoms with Crippen LogP contribution in [0, 0.1) is 0 Å². The Kier molecular flexibility index (Phi) is 9.59. The van der Waals surface area contributed by atoms with Crippen LogP contribution in [-0.2, 0) is 20.9 Å². The van der Waals surface area contributed by atoms with Crippen molar-refractivity contribution in [1.82, 2.24) is 5.32 Å². The summed E-state index contributed by atoms with van der Waals surface area (Å²) in [5, 5.41) is 2.72. The minimum Gasteiger partial charge on any atom is -0.375 e. The predicted octanol–water partition coefficient (Wildman–Crippen LogP) is 2.50. The third-order valence-electron chi connectivity index (χ3n) is 3.14. The van der Waals surface area contributed by atoms with Crippen molar-refractivity contribution in [2.75, 3.05) is 19.8 Å². The zero-order chi connectivity index (χ0) is 16.9. The number of amides is 1. The Labute approximate surface area is 137 Å². The fourth-order valence-electron chi connectivity index (χ4n) is 2.02. The number of fused-ring (bicyclic) bond motifs is 1. The molecule has 1 atom stereocenters. The Hall–Kier alpha value is -1.98. The van der Waals surface area contributed by atoms with E-state index < -0.39 is 6.04 Å². The monoisotopic (exact) mass is 319 g/mol. The summed E-state index contributed by atoms with van der Waals surface area (Å²) in [6.45, 7) is 5.78. The molecule has 0 spiro atoms. The predicted molar refractivity (Wildman–Crippen MR) is 89.3 cm³/mol. The maximum Gasteiger partial charge on any atom is 0.252 e. The number of benzene rings is 1. The van der Waals surface area contributed by atoms with Crippen LogP contribution in [0.1, 0.15) is 36.2 Å². The molecular weight excluding hydrogens is 294 g/mol. The Morgan fingerprint density at radius 1 is 1.13 bits per heavy atom. The second kappa shape index (κ2) is 11.6. The number of hydrogen-bond acceptors (Lipinski definition) is 4. The summed E-state index contributed by atoms with van der Waals surface area (Å²) in [7, 11) is 0. The summed E-state index contributed by atoms with van der Waals surface area (Å²) in [6, 6.07) is 6.69. The van der Waals surface area contributed by atoms with Crippen LogP contribution in [0.5, 0.6) is 0 Å². The van der Waals surface area contributed by atoms with E-state index in [-0.39, 0.29) is 5.91 Å². The van der Waals surface area contributed by atoms with Gasteiger partial charge in [-0.05, 0) is 18.1 Å². The van der Waals surface area contributed by atoms with Crippen LogP contribution in [-0.4, -0.2) is 38.1 Å². The van der Waals surface area contributed by atoms with Crippen LogP contribution in [0.4, 0.5) is 0 Å². The molecule has 0 bridgehead atoms. The van der Waals surface area contributed by atoms with Gasteiger partial charge in [0, 0.05) is 5.56 Å². The summed E-state index contributed by atoms with van der Waals surface area (Å²) in [6.07, 6.45) is 4.87. The van der Waals surface area contributed by atoms with Gasteiger partial charge in [0.05, 0.1) is 32.5 Å². The minimum absolute atomic E-state index is 0.256. The lowest BCUT2D eigenvalue weighted by molar-refractivity contribution is -0.109. The van der Waals surface area contributed by atoms with Crippen LogP contribution in [0.25, 0.3) is 0 Å². The molecule has 0 aliphatic carbocycles. The third kappa shape index (κ3) is 6.76. The molecule has 2 rings (SSSR count). The van der Waals surface area contributed by atoms with Crippen LogP contribution in [0.2, 0.25) is 0 Å². The van der Waals surface area contributed by atoms with Gasteiger partial charge in [0.1, 0.15) is 6.29 Å². The number of nitrogens with one attached hydrogen (secondary N) is 1. The summed E-state index contributed by atoms with van der Waals surface area (Å²) >= 11 is 0. The average Bonchev–Trinajstić information content (AvgIpc) is 2.60. The van der Waals surface area contributed by atoms with Crippen molar-refractivity contribution in [3.63, 3.8) is 0 Å². The van der Waals surface area contributed by atoms with Gasteiger partial charge >= 0.3 is 0 Å². The second-order valence-corrected chi connectivity index (χ2v) is 4.71. The van der Waals surface area contributed by atoms with Crippen molar-refractivity contribution >= 4 is 12.2 Å². The Morgan fingerprint density at radius 3 is 2.65 bits per heavy atom. The largest absolute Gasteiger partial charge is 0.375 e. The highest BCUT2D eigenvalue weighted by Gasteiger charge is 2.15. The first kappa shape index (κ1) is 19.1. The van der Waals surface area contributed by atoms with Gasteiger partial charge in [-0.3, -0.25) is 4.79 Å². The van der Waals surface area contributed by atoms with E-state index in [0.717, 1.165) is 11.8 Å². The molecule has 1 unspecified atom stereocenters. The van der Waals surface area contributed by atoms with Crippen LogP contribution in [0.15, 0.2) is 36.4 Å². The van der Waals surface area contributed by atoms with Gasteiger partial charge in [-0.1, -0.05) is 44.2 Å². The molecule has 0 fully saturated rings. The third-order valence-corrected chi connectivity index (χ3v) is 3.14. The van der Waals surface area contributed by atoms with Crippen molar-refractivity contribution < 1.29 is 19.1 Å². The standard InChI is InChI=1S/C16H19NO4.C2H6/c18-11-14-6-3-4-8-20-9-10-21-12-13-5-1-2-7-15(13)16(19)17-14;1-2/h1-5,7,11,14H,6,8-10,12H2,(H,17,19);1-2H3/b4-3-;. The molecule has 23 heavy (non-hydrogen) atoms. The van der Waals surface area contributed by atoms with E-state index in [2.05, 4.69) is 5.32 Å². The summed E-state index contributed by atoms with van der Waals surface area (Å²) < 4.78 is 10.9. The zero-order valence-electron chi connectivity index (χ0n) is 13.8. The first-order chi connectivity index (χ1) is 11.3. The molecule has 1 aliphatic rings. The highest BCUT2D eigenvalue weighted by Crippen LogP contribution is 2.11. The SMILES string of the molecule is CC.O=CC1C/C=C\COCCOCc2ccccc2C(=O)N1. The molecule has 0 saturated carbocycles. The second-order valence-electron chi connectivity index (χ2n) is 4.71. The van der Waals surface area contributed by atoms with Crippen LogP contribution < -0.4 is 5.32 Å². The number of rotatable bonds is 1. The summed E-state index contributed by atoms with van der Waals surface area (Å²) in [5.41, 5.74) is 1.33. The summed E-state index contributed by atoms with van der Waals surface area (Å²) in [4.78, 5) is 23.3. The van der Waals surface area contributed by atoms with Crippen molar-refractivity contribution in [3.05, 3.63) is 47.5 Å². The van der Waals surface area contributed by atoms with Gasteiger partial charge in [0.15, 0.2) is 0 Å². The number of ether oxygens (including phenoxy) is 2. The Morgan fingerprint density at radius 2 is 1.87 bits per heavy atom. The zero-order valence-corrected chi connectivity index (χ0v) is 13.8. The summed E-state index contributed by atoms with van der Waals surface area (Å²) in [5.74, 6) is -0.256. The van der Waals surface area contributed by atoms with E-state index in [1.807, 2.05) is 38.1 Å². The highest BCUT2D eigenvalue weighted by molar-refractivity contribution is 5.97. The van der Waals surface area contributed by atoms with E-state index in [0.29, 0.717) is 38.4 Å². The molecule has 126 valence electrons. The van der Waals surface area contributed by atoms with Gasteiger partial charge in [0.2, 0.25) is 0 Å². The van der Waals surface area contributed by atoms with Gasteiger partial charge in [-0.2, -0.15) is 0 Å². The number of aldehydes is 1. The molecule has 0 aromatic heterocycles. The van der Waals surface area contributed by atoms with Gasteiger partial charge in [0.25, 0.3) is 5.91 Å². The number of carbonyl (C=O) groups excluding carboxylic acids is 2. The molecule has 1 N–H and O–H groups in total. The molecule has 1 heterocycles. The van der Waals surface area contributed by atoms with Crippen LogP contribution in [0.3, 0.4) is 0 Å². The first-order valence-corrected chi connectivity index (χ1v) is 7.96. The van der Waals surface area contributed by atoms with Crippen LogP contribution >= 0.6 is 0 Å². The van der Waals surface area contributed by atoms with Gasteiger partial charge in [-0.25, -0.2) is 0 Å². The van der Waals surface area contributed by atoms with Crippen molar-refractivity contribution in [1.29, 1.82) is 0 Å². The molecular formula is C18H25NO4. The Bertz CT molecular complexity index is 513. The van der Waals surface area contributed by atoms with Crippen molar-refractivity contribution in [2.45, 2.75) is 32.9 Å². The quantitative estimate of drug-likeness (QED) is 0.638. The average molecular weight is 319 g/mol. The fourth-order valence-corrected chi connectivity index (χ4v) is 2.02. The maximum absolute atomic E-state index is 12.3. The van der Waals surface area contributed by atoms with Crippen molar-refractivity contribution in [3.8, 4) is 0 Å². The number of hydrogen-bond donors (Lipinski definition) is 1. The smallest absolute Gasteiger partial charge is 0.252 e. The topological polar surface area (TPSA) is 64.6 Å². The first-order valence-electron chi connectivity index (χ1n) is 7.96. The molecule has 5 heteroatoms. The molecule has 0 saturated heterocycles. The molecule has 1 aromatic rings. The number of carbonyl (C=O) groups is 2.